The van der Waals surface area contributed by atoms with Crippen molar-refractivity contribution in [3.8, 4) is 18.0 Å². The van der Waals surface area contributed by atoms with E-state index < -0.39 is 5.97 Å². The van der Waals surface area contributed by atoms with Crippen molar-refractivity contribution >= 4 is 5.97 Å². The summed E-state index contributed by atoms with van der Waals surface area (Å²) in [4.78, 5) is 11.7. The standard InChI is InChI=1S/C15H13NO2/c1-3-10-18-15(17)13-7-6-12(2)14(11-13)16-8-4-5-9-16/h1,4-9,11H,10H2,2H3. The van der Waals surface area contributed by atoms with Crippen molar-refractivity contribution in [1.29, 1.82) is 0 Å². The zero-order valence-electron chi connectivity index (χ0n) is 10.1. The van der Waals surface area contributed by atoms with Crippen LogP contribution >= 0.6 is 0 Å². The summed E-state index contributed by atoms with van der Waals surface area (Å²) in [7, 11) is 0. The highest BCUT2D eigenvalue weighted by Gasteiger charge is 2.09. The van der Waals surface area contributed by atoms with E-state index in [1.54, 1.807) is 12.1 Å². The first-order valence-electron chi connectivity index (χ1n) is 5.57. The van der Waals surface area contributed by atoms with Gasteiger partial charge in [-0.1, -0.05) is 12.0 Å². The van der Waals surface area contributed by atoms with Crippen LogP contribution in [0.25, 0.3) is 5.69 Å². The van der Waals surface area contributed by atoms with Gasteiger partial charge in [0.15, 0.2) is 6.61 Å². The number of hydrogen-bond acceptors (Lipinski definition) is 2. The molecule has 0 spiro atoms. The molecule has 0 saturated carbocycles. The minimum Gasteiger partial charge on any atom is -0.449 e. The van der Waals surface area contributed by atoms with Gasteiger partial charge in [-0.05, 0) is 36.8 Å². The van der Waals surface area contributed by atoms with E-state index in [1.165, 1.54) is 0 Å². The summed E-state index contributed by atoms with van der Waals surface area (Å²) >= 11 is 0. The Kier molecular flexibility index (Phi) is 3.49. The molecule has 0 radical (unpaired) electrons. The van der Waals surface area contributed by atoms with Crippen LogP contribution in [-0.4, -0.2) is 17.1 Å². The fraction of sp³-hybridized carbons (Fsp3) is 0.133. The van der Waals surface area contributed by atoms with Crippen LogP contribution in [0, 0.1) is 19.3 Å². The second-order valence-electron chi connectivity index (χ2n) is 3.87. The topological polar surface area (TPSA) is 31.2 Å². The molecule has 1 aromatic heterocycles. The Morgan fingerprint density at radius 3 is 2.78 bits per heavy atom. The van der Waals surface area contributed by atoms with Gasteiger partial charge in [-0.25, -0.2) is 4.79 Å². The lowest BCUT2D eigenvalue weighted by Gasteiger charge is -2.09. The molecule has 0 fully saturated rings. The molecule has 0 bridgehead atoms. The quantitative estimate of drug-likeness (QED) is 0.609. The van der Waals surface area contributed by atoms with E-state index in [0.29, 0.717) is 5.56 Å². The van der Waals surface area contributed by atoms with Crippen LogP contribution in [0.15, 0.2) is 42.7 Å². The molecular weight excluding hydrogens is 226 g/mol. The molecule has 0 N–H and O–H groups in total. The van der Waals surface area contributed by atoms with Crippen LogP contribution in [0.4, 0.5) is 0 Å². The maximum absolute atomic E-state index is 11.7. The van der Waals surface area contributed by atoms with Crippen LogP contribution in [0.2, 0.25) is 0 Å². The summed E-state index contributed by atoms with van der Waals surface area (Å²) in [6, 6.07) is 9.29. The van der Waals surface area contributed by atoms with E-state index in [9.17, 15) is 4.79 Å². The predicted octanol–water partition coefficient (Wildman–Crippen LogP) is 2.58. The first kappa shape index (κ1) is 12.0. The third kappa shape index (κ3) is 2.44. The first-order chi connectivity index (χ1) is 8.72. The van der Waals surface area contributed by atoms with Crippen molar-refractivity contribution in [2.24, 2.45) is 0 Å². The van der Waals surface area contributed by atoms with E-state index in [0.717, 1.165) is 11.3 Å². The maximum atomic E-state index is 11.7. The Hall–Kier alpha value is -2.47. The van der Waals surface area contributed by atoms with E-state index in [2.05, 4.69) is 5.92 Å². The smallest absolute Gasteiger partial charge is 0.339 e. The molecule has 0 aliphatic rings. The highest BCUT2D eigenvalue weighted by molar-refractivity contribution is 5.90. The Morgan fingerprint density at radius 2 is 2.11 bits per heavy atom. The molecule has 1 aromatic carbocycles. The maximum Gasteiger partial charge on any atom is 0.339 e. The van der Waals surface area contributed by atoms with Gasteiger partial charge in [-0.15, -0.1) is 6.42 Å². The molecule has 1 heterocycles. The zero-order chi connectivity index (χ0) is 13.0. The molecule has 2 rings (SSSR count). The largest absolute Gasteiger partial charge is 0.449 e. The second kappa shape index (κ2) is 5.24. The van der Waals surface area contributed by atoms with Crippen LogP contribution < -0.4 is 0 Å². The summed E-state index contributed by atoms with van der Waals surface area (Å²) in [5.41, 5.74) is 2.54. The van der Waals surface area contributed by atoms with E-state index in [-0.39, 0.29) is 6.61 Å². The summed E-state index contributed by atoms with van der Waals surface area (Å²) in [5.74, 6) is 1.87. The Morgan fingerprint density at radius 1 is 1.39 bits per heavy atom. The predicted molar refractivity (Wildman–Crippen MR) is 69.6 cm³/mol. The summed E-state index contributed by atoms with van der Waals surface area (Å²) in [6.45, 7) is 1.98. The highest BCUT2D eigenvalue weighted by atomic mass is 16.5. The van der Waals surface area contributed by atoms with Gasteiger partial charge >= 0.3 is 5.97 Å². The Bertz CT molecular complexity index is 591. The number of aromatic nitrogens is 1. The molecule has 3 heteroatoms. The van der Waals surface area contributed by atoms with Crippen molar-refractivity contribution in [2.75, 3.05) is 6.61 Å². The fourth-order valence-corrected chi connectivity index (χ4v) is 1.70. The molecule has 0 aliphatic carbocycles. The Labute approximate surface area is 106 Å². The number of nitrogens with zero attached hydrogens (tertiary/aromatic N) is 1. The fourth-order valence-electron chi connectivity index (χ4n) is 1.70. The number of rotatable bonds is 3. The summed E-state index contributed by atoms with van der Waals surface area (Å²) < 4.78 is 6.86. The molecule has 0 atom stereocenters. The molecule has 0 saturated heterocycles. The number of terminal acetylenes is 1. The second-order valence-corrected chi connectivity index (χ2v) is 3.87. The minimum atomic E-state index is -0.402. The van der Waals surface area contributed by atoms with Crippen molar-refractivity contribution in [1.82, 2.24) is 4.57 Å². The SMILES string of the molecule is C#CCOC(=O)c1ccc(C)c(-n2cccc2)c1. The normalized spacial score (nSPS) is 9.78. The van der Waals surface area contributed by atoms with Crippen molar-refractivity contribution in [3.05, 3.63) is 53.9 Å². The zero-order valence-corrected chi connectivity index (χ0v) is 10.1. The average molecular weight is 239 g/mol. The third-order valence-corrected chi connectivity index (χ3v) is 2.61. The third-order valence-electron chi connectivity index (χ3n) is 2.61. The number of aryl methyl sites for hydroxylation is 1. The van der Waals surface area contributed by atoms with Gasteiger partial charge < -0.3 is 9.30 Å². The molecule has 0 amide bonds. The molecule has 3 nitrogen and oxygen atoms in total. The van der Waals surface area contributed by atoms with E-state index >= 15 is 0 Å². The minimum absolute atomic E-state index is 0.00837. The number of ether oxygens (including phenoxy) is 1. The molecule has 2 aromatic rings. The van der Waals surface area contributed by atoms with E-state index in [1.807, 2.05) is 42.1 Å². The van der Waals surface area contributed by atoms with Crippen LogP contribution in [0.5, 0.6) is 0 Å². The summed E-state index contributed by atoms with van der Waals surface area (Å²) in [5, 5.41) is 0. The molecule has 0 aliphatic heterocycles. The molecule has 90 valence electrons. The lowest BCUT2D eigenvalue weighted by Crippen LogP contribution is -2.06. The number of carbonyl (C=O) groups is 1. The van der Waals surface area contributed by atoms with Crippen molar-refractivity contribution in [2.45, 2.75) is 6.92 Å². The van der Waals surface area contributed by atoms with Gasteiger partial charge in [0.05, 0.1) is 5.56 Å². The van der Waals surface area contributed by atoms with Gasteiger partial charge in [0.25, 0.3) is 0 Å². The summed E-state index contributed by atoms with van der Waals surface area (Å²) in [6.07, 6.45) is 8.91. The number of hydrogen-bond donors (Lipinski definition) is 0. The van der Waals surface area contributed by atoms with E-state index in [4.69, 9.17) is 11.2 Å². The number of carbonyl (C=O) groups excluding carboxylic acids is 1. The van der Waals surface area contributed by atoms with Gasteiger partial charge in [-0.2, -0.15) is 0 Å². The van der Waals surface area contributed by atoms with Crippen LogP contribution in [0.1, 0.15) is 15.9 Å². The van der Waals surface area contributed by atoms with Gasteiger partial charge in [-0.3, -0.25) is 0 Å². The lowest BCUT2D eigenvalue weighted by atomic mass is 10.1. The number of esters is 1. The lowest BCUT2D eigenvalue weighted by molar-refractivity contribution is 0.0556. The molecule has 18 heavy (non-hydrogen) atoms. The Balaban J connectivity index is 2.33. The van der Waals surface area contributed by atoms with Gasteiger partial charge in [0, 0.05) is 18.1 Å². The molecule has 0 unspecified atom stereocenters. The number of benzene rings is 1. The average Bonchev–Trinajstić information content (AvgIpc) is 2.90. The van der Waals surface area contributed by atoms with Gasteiger partial charge in [0.1, 0.15) is 0 Å². The van der Waals surface area contributed by atoms with Gasteiger partial charge in [0.2, 0.25) is 0 Å². The monoisotopic (exact) mass is 239 g/mol. The highest BCUT2D eigenvalue weighted by Crippen LogP contribution is 2.17. The molecular formula is C15H13NO2. The first-order valence-corrected chi connectivity index (χ1v) is 5.57. The van der Waals surface area contributed by atoms with Crippen LogP contribution in [0.3, 0.4) is 0 Å². The van der Waals surface area contributed by atoms with Crippen LogP contribution in [-0.2, 0) is 4.74 Å². The van der Waals surface area contributed by atoms with Crippen molar-refractivity contribution in [3.63, 3.8) is 0 Å². The van der Waals surface area contributed by atoms with Crippen molar-refractivity contribution < 1.29 is 9.53 Å².